The number of carbonyl (C=O) groups is 2. The Hall–Kier alpha value is -1.90. The van der Waals surface area contributed by atoms with Gasteiger partial charge in [0.15, 0.2) is 0 Å². The summed E-state index contributed by atoms with van der Waals surface area (Å²) in [5, 5.41) is 8.34. The summed E-state index contributed by atoms with van der Waals surface area (Å²) < 4.78 is 0. The molecule has 0 aliphatic rings. The second kappa shape index (κ2) is 4.97. The van der Waals surface area contributed by atoms with E-state index in [1.165, 1.54) is 0 Å². The van der Waals surface area contributed by atoms with Gasteiger partial charge in [-0.15, -0.1) is 0 Å². The molecule has 0 amide bonds. The molecule has 1 aromatic carbocycles. The van der Waals surface area contributed by atoms with Crippen molar-refractivity contribution in [3.05, 3.63) is 47.5 Å². The SMILES string of the molecule is O=Cc1ccc(CC=CC(=O)O)cc1. The van der Waals surface area contributed by atoms with E-state index in [0.717, 1.165) is 17.9 Å². The molecule has 0 saturated heterocycles. The average molecular weight is 190 g/mol. The molecule has 0 unspecified atom stereocenters. The summed E-state index contributed by atoms with van der Waals surface area (Å²) in [4.78, 5) is 20.5. The van der Waals surface area contributed by atoms with E-state index in [1.54, 1.807) is 30.3 Å². The maximum Gasteiger partial charge on any atom is 0.327 e. The fraction of sp³-hybridized carbons (Fsp3) is 0.0909. The number of hydrogen-bond acceptors (Lipinski definition) is 2. The monoisotopic (exact) mass is 190 g/mol. The fourth-order valence-electron chi connectivity index (χ4n) is 1.03. The van der Waals surface area contributed by atoms with Gasteiger partial charge in [-0.25, -0.2) is 4.79 Å². The van der Waals surface area contributed by atoms with Gasteiger partial charge in [0, 0.05) is 11.6 Å². The van der Waals surface area contributed by atoms with Crippen molar-refractivity contribution in [1.29, 1.82) is 0 Å². The zero-order chi connectivity index (χ0) is 10.4. The van der Waals surface area contributed by atoms with Crippen LogP contribution < -0.4 is 0 Å². The van der Waals surface area contributed by atoms with Crippen molar-refractivity contribution in [2.75, 3.05) is 0 Å². The molecule has 0 aliphatic carbocycles. The van der Waals surface area contributed by atoms with E-state index in [9.17, 15) is 9.59 Å². The predicted octanol–water partition coefficient (Wildman–Crippen LogP) is 1.68. The topological polar surface area (TPSA) is 54.4 Å². The van der Waals surface area contributed by atoms with Gasteiger partial charge in [0.05, 0.1) is 0 Å². The Labute approximate surface area is 81.7 Å². The lowest BCUT2D eigenvalue weighted by molar-refractivity contribution is -0.131. The number of hydrogen-bond donors (Lipinski definition) is 1. The molecule has 14 heavy (non-hydrogen) atoms. The van der Waals surface area contributed by atoms with Gasteiger partial charge < -0.3 is 5.11 Å². The zero-order valence-corrected chi connectivity index (χ0v) is 7.51. The third kappa shape index (κ3) is 3.23. The minimum absolute atomic E-state index is 0.561. The predicted molar refractivity (Wildman–Crippen MR) is 52.3 cm³/mol. The van der Waals surface area contributed by atoms with Gasteiger partial charge in [-0.1, -0.05) is 30.3 Å². The van der Waals surface area contributed by atoms with Crippen LogP contribution in [0.3, 0.4) is 0 Å². The molecule has 0 aromatic heterocycles. The molecule has 1 rings (SSSR count). The highest BCUT2D eigenvalue weighted by molar-refractivity contribution is 5.79. The summed E-state index contributed by atoms with van der Waals surface area (Å²) in [5.74, 6) is -0.950. The quantitative estimate of drug-likeness (QED) is 0.580. The molecule has 0 bridgehead atoms. The van der Waals surface area contributed by atoms with Gasteiger partial charge in [-0.3, -0.25) is 4.79 Å². The first-order chi connectivity index (χ1) is 6.72. The van der Waals surface area contributed by atoms with E-state index in [1.807, 2.05) is 0 Å². The molecular weight excluding hydrogens is 180 g/mol. The van der Waals surface area contributed by atoms with Gasteiger partial charge in [-0.2, -0.15) is 0 Å². The van der Waals surface area contributed by atoms with Crippen molar-refractivity contribution >= 4 is 12.3 Å². The van der Waals surface area contributed by atoms with Crippen LogP contribution in [0.1, 0.15) is 15.9 Å². The summed E-state index contributed by atoms with van der Waals surface area (Å²) >= 11 is 0. The third-order valence-electron chi connectivity index (χ3n) is 1.73. The van der Waals surface area contributed by atoms with Crippen LogP contribution >= 0.6 is 0 Å². The van der Waals surface area contributed by atoms with E-state index < -0.39 is 5.97 Å². The number of carboxylic acids is 1. The molecule has 0 atom stereocenters. The summed E-state index contributed by atoms with van der Waals surface area (Å²) in [6.45, 7) is 0. The lowest BCUT2D eigenvalue weighted by Gasteiger charge is -1.95. The summed E-state index contributed by atoms with van der Waals surface area (Å²) in [5.41, 5.74) is 1.60. The fourth-order valence-corrected chi connectivity index (χ4v) is 1.03. The standard InChI is InChI=1S/C11H10O3/c12-8-10-6-4-9(5-7-10)2-1-3-11(13)14/h1,3-8H,2H2,(H,13,14). The highest BCUT2D eigenvalue weighted by Crippen LogP contribution is 2.03. The van der Waals surface area contributed by atoms with Crippen LogP contribution in [0.4, 0.5) is 0 Å². The van der Waals surface area contributed by atoms with Crippen LogP contribution in [0.25, 0.3) is 0 Å². The third-order valence-corrected chi connectivity index (χ3v) is 1.73. The van der Waals surface area contributed by atoms with Crippen molar-refractivity contribution in [2.24, 2.45) is 0 Å². The Morgan fingerprint density at radius 3 is 2.43 bits per heavy atom. The molecule has 0 aliphatic heterocycles. The Morgan fingerprint density at radius 1 is 1.29 bits per heavy atom. The van der Waals surface area contributed by atoms with E-state index >= 15 is 0 Å². The van der Waals surface area contributed by atoms with Crippen LogP contribution in [0.5, 0.6) is 0 Å². The number of aliphatic carboxylic acids is 1. The van der Waals surface area contributed by atoms with Gasteiger partial charge in [0.25, 0.3) is 0 Å². The Morgan fingerprint density at radius 2 is 1.93 bits per heavy atom. The van der Waals surface area contributed by atoms with Crippen molar-refractivity contribution < 1.29 is 14.7 Å². The minimum atomic E-state index is -0.950. The van der Waals surface area contributed by atoms with Crippen molar-refractivity contribution in [1.82, 2.24) is 0 Å². The molecule has 72 valence electrons. The van der Waals surface area contributed by atoms with E-state index in [2.05, 4.69) is 0 Å². The molecule has 0 saturated carbocycles. The molecule has 0 fully saturated rings. The average Bonchev–Trinajstić information content (AvgIpc) is 2.18. The number of allylic oxidation sites excluding steroid dienone is 1. The minimum Gasteiger partial charge on any atom is -0.478 e. The number of aldehydes is 1. The van der Waals surface area contributed by atoms with Crippen LogP contribution in [-0.4, -0.2) is 17.4 Å². The lowest BCUT2D eigenvalue weighted by Crippen LogP contribution is -1.88. The second-order valence-electron chi connectivity index (χ2n) is 2.80. The number of carbonyl (C=O) groups excluding carboxylic acids is 1. The molecule has 0 spiro atoms. The van der Waals surface area contributed by atoms with E-state index in [-0.39, 0.29) is 0 Å². The Bertz CT molecular complexity index is 349. The van der Waals surface area contributed by atoms with E-state index in [4.69, 9.17) is 5.11 Å². The molecule has 0 heterocycles. The Kier molecular flexibility index (Phi) is 3.61. The maximum absolute atomic E-state index is 10.3. The molecular formula is C11H10O3. The molecule has 3 heteroatoms. The molecule has 0 radical (unpaired) electrons. The highest BCUT2D eigenvalue weighted by atomic mass is 16.4. The van der Waals surface area contributed by atoms with Gasteiger partial charge in [0.2, 0.25) is 0 Å². The van der Waals surface area contributed by atoms with Gasteiger partial charge >= 0.3 is 5.97 Å². The summed E-state index contributed by atoms with van der Waals surface area (Å²) in [6, 6.07) is 7.01. The first-order valence-corrected chi connectivity index (χ1v) is 4.16. The van der Waals surface area contributed by atoms with Gasteiger partial charge in [-0.05, 0) is 12.0 Å². The Balaban J connectivity index is 2.60. The number of rotatable bonds is 4. The smallest absolute Gasteiger partial charge is 0.327 e. The van der Waals surface area contributed by atoms with Crippen molar-refractivity contribution in [2.45, 2.75) is 6.42 Å². The first kappa shape index (κ1) is 10.2. The second-order valence-corrected chi connectivity index (χ2v) is 2.80. The van der Waals surface area contributed by atoms with Gasteiger partial charge in [0.1, 0.15) is 6.29 Å². The number of benzene rings is 1. The summed E-state index contributed by atoms with van der Waals surface area (Å²) in [6.07, 6.45) is 4.01. The first-order valence-electron chi connectivity index (χ1n) is 4.16. The summed E-state index contributed by atoms with van der Waals surface area (Å²) in [7, 11) is 0. The normalized spacial score (nSPS) is 10.3. The van der Waals surface area contributed by atoms with E-state index in [0.29, 0.717) is 12.0 Å². The zero-order valence-electron chi connectivity index (χ0n) is 7.51. The van der Waals surface area contributed by atoms with Crippen LogP contribution in [0.2, 0.25) is 0 Å². The van der Waals surface area contributed by atoms with Crippen LogP contribution in [-0.2, 0) is 11.2 Å². The number of carboxylic acid groups (broad SMARTS) is 1. The largest absolute Gasteiger partial charge is 0.478 e. The van der Waals surface area contributed by atoms with Crippen molar-refractivity contribution in [3.63, 3.8) is 0 Å². The highest BCUT2D eigenvalue weighted by Gasteiger charge is 1.92. The lowest BCUT2D eigenvalue weighted by atomic mass is 10.1. The molecule has 3 nitrogen and oxygen atoms in total. The molecule has 1 aromatic rings. The van der Waals surface area contributed by atoms with Crippen LogP contribution in [0, 0.1) is 0 Å². The van der Waals surface area contributed by atoms with Crippen LogP contribution in [0.15, 0.2) is 36.4 Å². The molecule has 1 N–H and O–H groups in total. The van der Waals surface area contributed by atoms with Crippen molar-refractivity contribution in [3.8, 4) is 0 Å². The maximum atomic E-state index is 10.3.